The lowest BCUT2D eigenvalue weighted by molar-refractivity contribution is -0.192. The Balaban J connectivity index is 0.000000210. The zero-order valence-corrected chi connectivity index (χ0v) is 19.6. The summed E-state index contributed by atoms with van der Waals surface area (Å²) in [6.45, 7) is 2.72. The van der Waals surface area contributed by atoms with Gasteiger partial charge in [0.2, 0.25) is 0 Å². The number of alkyl halides is 3. The molecular formula is C22H29F3N8O4. The van der Waals surface area contributed by atoms with E-state index in [9.17, 15) is 13.2 Å². The van der Waals surface area contributed by atoms with Gasteiger partial charge in [-0.05, 0) is 48.5 Å². The van der Waals surface area contributed by atoms with Gasteiger partial charge >= 0.3 is 12.1 Å². The van der Waals surface area contributed by atoms with Crippen molar-refractivity contribution in [3.63, 3.8) is 0 Å². The average molecular weight is 527 g/mol. The Morgan fingerprint density at radius 1 is 0.784 bits per heavy atom. The quantitative estimate of drug-likeness (QED) is 0.171. The Morgan fingerprint density at radius 3 is 1.27 bits per heavy atom. The van der Waals surface area contributed by atoms with Gasteiger partial charge < -0.3 is 47.3 Å². The third kappa shape index (κ3) is 9.54. The van der Waals surface area contributed by atoms with E-state index in [1.807, 2.05) is 24.3 Å². The van der Waals surface area contributed by atoms with Crippen LogP contribution in [0.15, 0.2) is 48.5 Å². The normalized spacial score (nSPS) is 15.0. The van der Waals surface area contributed by atoms with Crippen LogP contribution >= 0.6 is 0 Å². The Labute approximate surface area is 210 Å². The molecule has 202 valence electrons. The van der Waals surface area contributed by atoms with Crippen LogP contribution < -0.4 is 32.4 Å². The summed E-state index contributed by atoms with van der Waals surface area (Å²) in [5.41, 5.74) is 23.2. The molecule has 2 aliphatic heterocycles. The van der Waals surface area contributed by atoms with Crippen molar-refractivity contribution in [2.24, 2.45) is 11.5 Å². The summed E-state index contributed by atoms with van der Waals surface area (Å²) in [6.07, 6.45) is -4.84. The van der Waals surface area contributed by atoms with Crippen LogP contribution in [0.1, 0.15) is 0 Å². The van der Waals surface area contributed by atoms with E-state index in [1.54, 1.807) is 34.1 Å². The number of guanidine groups is 2. The molecule has 0 unspecified atom stereocenters. The molecule has 37 heavy (non-hydrogen) atoms. The van der Waals surface area contributed by atoms with E-state index in [1.165, 1.54) is 0 Å². The molecule has 0 amide bonds. The van der Waals surface area contributed by atoms with Crippen molar-refractivity contribution >= 4 is 29.3 Å². The minimum absolute atomic E-state index is 0.104. The van der Waals surface area contributed by atoms with Gasteiger partial charge in [0.15, 0.2) is 11.9 Å². The van der Waals surface area contributed by atoms with Gasteiger partial charge in [0, 0.05) is 11.4 Å². The highest BCUT2D eigenvalue weighted by Crippen LogP contribution is 2.20. The highest BCUT2D eigenvalue weighted by atomic mass is 19.4. The highest BCUT2D eigenvalue weighted by molar-refractivity contribution is 5.76. The number of aliphatic carboxylic acids is 1. The van der Waals surface area contributed by atoms with Crippen LogP contribution in [-0.4, -0.2) is 77.4 Å². The molecule has 11 N–H and O–H groups in total. The van der Waals surface area contributed by atoms with Crippen LogP contribution in [0.3, 0.4) is 0 Å². The van der Waals surface area contributed by atoms with Crippen LogP contribution in [0, 0.1) is 10.8 Å². The number of nitrogens with one attached hydrogen (secondary N) is 2. The van der Waals surface area contributed by atoms with Crippen molar-refractivity contribution in [2.75, 3.05) is 37.6 Å². The van der Waals surface area contributed by atoms with Crippen molar-refractivity contribution in [3.05, 3.63) is 48.5 Å². The molecular weight excluding hydrogens is 497 g/mol. The fourth-order valence-corrected chi connectivity index (χ4v) is 2.90. The van der Waals surface area contributed by atoms with E-state index in [0.717, 1.165) is 22.9 Å². The molecule has 2 fully saturated rings. The van der Waals surface area contributed by atoms with Crippen molar-refractivity contribution in [1.29, 1.82) is 10.8 Å². The lowest BCUT2D eigenvalue weighted by Crippen LogP contribution is -2.58. The summed E-state index contributed by atoms with van der Waals surface area (Å²) in [7, 11) is 0. The molecule has 0 atom stereocenters. The van der Waals surface area contributed by atoms with E-state index in [4.69, 9.17) is 53.1 Å². The van der Waals surface area contributed by atoms with Crippen LogP contribution in [0.4, 0.5) is 24.5 Å². The summed E-state index contributed by atoms with van der Waals surface area (Å²) in [5.74, 6) is -0.943. The van der Waals surface area contributed by atoms with E-state index < -0.39 is 12.1 Å². The number of carboxylic acid groups (broad SMARTS) is 1. The van der Waals surface area contributed by atoms with E-state index in [-0.39, 0.29) is 24.1 Å². The summed E-state index contributed by atoms with van der Waals surface area (Å²) in [6, 6.07) is 14.6. The third-order valence-corrected chi connectivity index (χ3v) is 4.99. The maximum Gasteiger partial charge on any atom is 0.490 e. The number of anilines is 2. The standard InChI is InChI=1S/2C10H14N4O.C2HF3O2/c2*11-7-1-3-8(4-2-7)15-9-5-14(6-9)10(12)13;3-2(4,5)1(6)7/h2*1-4,9H,5-6,11H2,(H3,12,13);(H,6,7). The Morgan fingerprint density at radius 2 is 1.05 bits per heavy atom. The van der Waals surface area contributed by atoms with Gasteiger partial charge in [0.05, 0.1) is 26.2 Å². The number of rotatable bonds is 4. The van der Waals surface area contributed by atoms with Crippen molar-refractivity contribution in [3.8, 4) is 11.5 Å². The number of nitrogens with zero attached hydrogens (tertiary/aromatic N) is 2. The lowest BCUT2D eigenvalue weighted by Gasteiger charge is -2.39. The molecule has 2 heterocycles. The predicted octanol–water partition coefficient (Wildman–Crippen LogP) is 1.08. The van der Waals surface area contributed by atoms with Crippen LogP contribution in [0.25, 0.3) is 0 Å². The van der Waals surface area contributed by atoms with Crippen molar-refractivity contribution < 1.29 is 32.5 Å². The molecule has 2 aromatic carbocycles. The summed E-state index contributed by atoms with van der Waals surface area (Å²) >= 11 is 0. The van der Waals surface area contributed by atoms with Gasteiger partial charge in [-0.15, -0.1) is 0 Å². The number of nitrogen functional groups attached to an aromatic ring is 2. The molecule has 0 spiro atoms. The highest BCUT2D eigenvalue weighted by Gasteiger charge is 2.38. The number of carboxylic acids is 1. The van der Waals surface area contributed by atoms with E-state index in [0.29, 0.717) is 26.2 Å². The lowest BCUT2D eigenvalue weighted by atomic mass is 10.2. The number of ether oxygens (including phenoxy) is 2. The van der Waals surface area contributed by atoms with Crippen LogP contribution in [-0.2, 0) is 4.79 Å². The Hall–Kier alpha value is -4.56. The number of likely N-dealkylation sites (tertiary alicyclic amines) is 2. The fraction of sp³-hybridized carbons (Fsp3) is 0.318. The minimum Gasteiger partial charge on any atom is -0.487 e. The van der Waals surface area contributed by atoms with Gasteiger partial charge in [0.25, 0.3) is 0 Å². The SMILES string of the molecule is N=C(N)N1CC(Oc2ccc(N)cc2)C1.N=C(N)N1CC(Oc2ccc(N)cc2)C1.O=C(O)C(F)(F)F. The maximum absolute atomic E-state index is 10.6. The number of nitrogens with two attached hydrogens (primary N) is 4. The zero-order chi connectivity index (χ0) is 27.8. The number of benzene rings is 2. The number of halogens is 3. The van der Waals surface area contributed by atoms with Crippen molar-refractivity contribution in [1.82, 2.24) is 9.80 Å². The molecule has 12 nitrogen and oxygen atoms in total. The second-order valence-corrected chi connectivity index (χ2v) is 8.00. The zero-order valence-electron chi connectivity index (χ0n) is 19.6. The van der Waals surface area contributed by atoms with Gasteiger partial charge in [-0.2, -0.15) is 13.2 Å². The molecule has 2 aromatic rings. The number of hydrogen-bond donors (Lipinski definition) is 7. The Kier molecular flexibility index (Phi) is 9.62. The topological polar surface area (TPSA) is 214 Å². The molecule has 0 radical (unpaired) electrons. The second-order valence-electron chi connectivity index (χ2n) is 8.00. The van der Waals surface area contributed by atoms with Gasteiger partial charge in [0.1, 0.15) is 23.7 Å². The first-order valence-corrected chi connectivity index (χ1v) is 10.8. The van der Waals surface area contributed by atoms with E-state index >= 15 is 0 Å². The monoisotopic (exact) mass is 526 g/mol. The van der Waals surface area contributed by atoms with Gasteiger partial charge in [-0.1, -0.05) is 0 Å². The number of carbonyl (C=O) groups is 1. The maximum atomic E-state index is 10.6. The van der Waals surface area contributed by atoms with Crippen molar-refractivity contribution in [2.45, 2.75) is 18.4 Å². The molecule has 0 bridgehead atoms. The minimum atomic E-state index is -5.08. The van der Waals surface area contributed by atoms with Crippen LogP contribution in [0.5, 0.6) is 11.5 Å². The summed E-state index contributed by atoms with van der Waals surface area (Å²) in [4.78, 5) is 12.4. The predicted molar refractivity (Wildman–Crippen MR) is 131 cm³/mol. The molecule has 15 heteroatoms. The molecule has 4 rings (SSSR count). The molecule has 2 saturated heterocycles. The second kappa shape index (κ2) is 12.4. The molecule has 0 aliphatic carbocycles. The first-order valence-electron chi connectivity index (χ1n) is 10.8. The van der Waals surface area contributed by atoms with Gasteiger partial charge in [-0.25, -0.2) is 4.79 Å². The Bertz CT molecular complexity index is 982. The summed E-state index contributed by atoms with van der Waals surface area (Å²) < 4.78 is 43.0. The first-order chi connectivity index (χ1) is 17.2. The summed E-state index contributed by atoms with van der Waals surface area (Å²) in [5, 5.41) is 21.5. The average Bonchev–Trinajstić information content (AvgIpc) is 2.75. The third-order valence-electron chi connectivity index (χ3n) is 4.99. The number of hydrogen-bond acceptors (Lipinski definition) is 7. The largest absolute Gasteiger partial charge is 0.490 e. The molecule has 0 aromatic heterocycles. The van der Waals surface area contributed by atoms with Gasteiger partial charge in [-0.3, -0.25) is 10.8 Å². The first kappa shape index (κ1) is 28.7. The van der Waals surface area contributed by atoms with E-state index in [2.05, 4.69) is 0 Å². The molecule has 2 aliphatic rings. The molecule has 0 saturated carbocycles. The van der Waals surface area contributed by atoms with Crippen LogP contribution in [0.2, 0.25) is 0 Å². The smallest absolute Gasteiger partial charge is 0.487 e. The fourth-order valence-electron chi connectivity index (χ4n) is 2.90.